The predicted octanol–water partition coefficient (Wildman–Crippen LogP) is 2.53. The van der Waals surface area contributed by atoms with Gasteiger partial charge in [-0.1, -0.05) is 23.2 Å². The summed E-state index contributed by atoms with van der Waals surface area (Å²) >= 11 is 11.8. The van der Waals surface area contributed by atoms with Crippen molar-refractivity contribution >= 4 is 33.2 Å². The van der Waals surface area contributed by atoms with Crippen LogP contribution in [0.2, 0.25) is 10.0 Å². The minimum Gasteiger partial charge on any atom is -0.212 e. The molecule has 2 rings (SSSR count). The molecule has 0 N–H and O–H groups in total. The van der Waals surface area contributed by atoms with Gasteiger partial charge in [-0.05, 0) is 30.2 Å². The van der Waals surface area contributed by atoms with Crippen LogP contribution in [-0.4, -0.2) is 25.0 Å². The zero-order valence-corrected chi connectivity index (χ0v) is 10.8. The molecule has 1 fully saturated rings. The van der Waals surface area contributed by atoms with E-state index < -0.39 is 10.0 Å². The van der Waals surface area contributed by atoms with E-state index in [-0.39, 0.29) is 5.75 Å². The van der Waals surface area contributed by atoms with Gasteiger partial charge in [0.05, 0.1) is 5.75 Å². The fraction of sp³-hybridized carbons (Fsp3) is 0.400. The molecule has 0 aliphatic carbocycles. The Morgan fingerprint density at radius 3 is 2.69 bits per heavy atom. The summed E-state index contributed by atoms with van der Waals surface area (Å²) in [6, 6.07) is 5.07. The molecule has 0 bridgehead atoms. The quantitative estimate of drug-likeness (QED) is 0.834. The Morgan fingerprint density at radius 1 is 1.31 bits per heavy atom. The SMILES string of the molecule is O=S1(=O)CCCN1Cc1cc(Cl)ccc1Cl. The normalized spacial score (nSPS) is 20.1. The van der Waals surface area contributed by atoms with Gasteiger partial charge in [-0.15, -0.1) is 0 Å². The van der Waals surface area contributed by atoms with Crippen LogP contribution in [0.15, 0.2) is 18.2 Å². The average molecular weight is 280 g/mol. The third-order valence-corrected chi connectivity index (χ3v) is 5.06. The number of benzene rings is 1. The largest absolute Gasteiger partial charge is 0.214 e. The smallest absolute Gasteiger partial charge is 0.212 e. The molecule has 0 radical (unpaired) electrons. The lowest BCUT2D eigenvalue weighted by Crippen LogP contribution is -2.25. The Bertz CT molecular complexity index is 502. The monoisotopic (exact) mass is 279 g/mol. The zero-order valence-electron chi connectivity index (χ0n) is 8.49. The van der Waals surface area contributed by atoms with E-state index >= 15 is 0 Å². The van der Waals surface area contributed by atoms with Gasteiger partial charge >= 0.3 is 0 Å². The second kappa shape index (κ2) is 4.53. The minimum atomic E-state index is -3.08. The van der Waals surface area contributed by atoms with Gasteiger partial charge in [-0.2, -0.15) is 4.31 Å². The first kappa shape index (κ1) is 12.2. The van der Waals surface area contributed by atoms with Gasteiger partial charge in [0.1, 0.15) is 0 Å². The van der Waals surface area contributed by atoms with Crippen LogP contribution in [0.3, 0.4) is 0 Å². The van der Waals surface area contributed by atoms with E-state index in [1.807, 2.05) is 0 Å². The van der Waals surface area contributed by atoms with Gasteiger partial charge in [-0.25, -0.2) is 8.42 Å². The highest BCUT2D eigenvalue weighted by Crippen LogP contribution is 2.25. The van der Waals surface area contributed by atoms with Gasteiger partial charge in [0.25, 0.3) is 0 Å². The van der Waals surface area contributed by atoms with Crippen molar-refractivity contribution in [1.29, 1.82) is 0 Å². The number of halogens is 2. The van der Waals surface area contributed by atoms with Crippen molar-refractivity contribution in [2.45, 2.75) is 13.0 Å². The highest BCUT2D eigenvalue weighted by molar-refractivity contribution is 7.89. The Kier molecular flexibility index (Phi) is 3.45. The summed E-state index contributed by atoms with van der Waals surface area (Å²) in [5.74, 6) is 0.227. The molecular weight excluding hydrogens is 269 g/mol. The van der Waals surface area contributed by atoms with Crippen LogP contribution in [0.5, 0.6) is 0 Å². The molecule has 1 aromatic rings. The molecule has 0 atom stereocenters. The summed E-state index contributed by atoms with van der Waals surface area (Å²) in [7, 11) is -3.08. The Balaban J connectivity index is 2.24. The highest BCUT2D eigenvalue weighted by Gasteiger charge is 2.28. The summed E-state index contributed by atoms with van der Waals surface area (Å²) < 4.78 is 24.7. The molecule has 1 aliphatic rings. The summed E-state index contributed by atoms with van der Waals surface area (Å²) in [4.78, 5) is 0. The summed E-state index contributed by atoms with van der Waals surface area (Å²) in [5.41, 5.74) is 0.750. The lowest BCUT2D eigenvalue weighted by atomic mass is 10.2. The molecule has 1 aromatic carbocycles. The Labute approximate surface area is 105 Å². The van der Waals surface area contributed by atoms with Crippen molar-refractivity contribution < 1.29 is 8.42 Å². The fourth-order valence-corrected chi connectivity index (χ4v) is 3.59. The van der Waals surface area contributed by atoms with Gasteiger partial charge in [0.2, 0.25) is 10.0 Å². The molecule has 1 heterocycles. The molecule has 3 nitrogen and oxygen atoms in total. The number of hydrogen-bond acceptors (Lipinski definition) is 2. The average Bonchev–Trinajstić information content (AvgIpc) is 2.52. The summed E-state index contributed by atoms with van der Waals surface area (Å²) in [6.45, 7) is 0.868. The van der Waals surface area contributed by atoms with Gasteiger partial charge < -0.3 is 0 Å². The third kappa shape index (κ3) is 2.51. The van der Waals surface area contributed by atoms with Gasteiger partial charge in [0, 0.05) is 23.1 Å². The van der Waals surface area contributed by atoms with Crippen molar-refractivity contribution in [2.75, 3.05) is 12.3 Å². The van der Waals surface area contributed by atoms with Crippen LogP contribution >= 0.6 is 23.2 Å². The standard InChI is InChI=1S/C10H11Cl2NO2S/c11-9-2-3-10(12)8(6-9)7-13-4-1-5-16(13,14)15/h2-3,6H,1,4-5,7H2. The second-order valence-electron chi connectivity index (χ2n) is 3.74. The van der Waals surface area contributed by atoms with Crippen LogP contribution in [0, 0.1) is 0 Å². The number of rotatable bonds is 2. The number of hydrogen-bond donors (Lipinski definition) is 0. The number of nitrogens with zero attached hydrogens (tertiary/aromatic N) is 1. The van der Waals surface area contributed by atoms with Crippen molar-refractivity contribution in [3.8, 4) is 0 Å². The predicted molar refractivity (Wildman–Crippen MR) is 65.3 cm³/mol. The van der Waals surface area contributed by atoms with E-state index in [0.717, 1.165) is 5.56 Å². The van der Waals surface area contributed by atoms with E-state index in [1.54, 1.807) is 18.2 Å². The van der Waals surface area contributed by atoms with Gasteiger partial charge in [-0.3, -0.25) is 0 Å². The maximum atomic E-state index is 11.6. The molecule has 88 valence electrons. The third-order valence-electron chi connectivity index (χ3n) is 2.56. The van der Waals surface area contributed by atoms with E-state index in [4.69, 9.17) is 23.2 Å². The maximum Gasteiger partial charge on any atom is 0.214 e. The van der Waals surface area contributed by atoms with Crippen molar-refractivity contribution in [2.24, 2.45) is 0 Å². The molecule has 0 saturated carbocycles. The van der Waals surface area contributed by atoms with Crippen LogP contribution in [0.25, 0.3) is 0 Å². The lowest BCUT2D eigenvalue weighted by molar-refractivity contribution is 0.440. The zero-order chi connectivity index (χ0) is 11.8. The molecule has 1 aliphatic heterocycles. The first-order chi connectivity index (χ1) is 7.49. The molecule has 0 amide bonds. The first-order valence-corrected chi connectivity index (χ1v) is 7.27. The maximum absolute atomic E-state index is 11.6. The fourth-order valence-electron chi connectivity index (χ4n) is 1.72. The minimum absolute atomic E-state index is 0.227. The Hall–Kier alpha value is -0.290. The van der Waals surface area contributed by atoms with Crippen LogP contribution in [0.1, 0.15) is 12.0 Å². The van der Waals surface area contributed by atoms with E-state index in [2.05, 4.69) is 0 Å². The van der Waals surface area contributed by atoms with E-state index in [1.165, 1.54) is 4.31 Å². The summed E-state index contributed by atoms with van der Waals surface area (Å²) in [6.07, 6.45) is 0.681. The first-order valence-electron chi connectivity index (χ1n) is 4.91. The van der Waals surface area contributed by atoms with Crippen molar-refractivity contribution in [3.05, 3.63) is 33.8 Å². The topological polar surface area (TPSA) is 37.4 Å². The van der Waals surface area contributed by atoms with Crippen LogP contribution in [0.4, 0.5) is 0 Å². The molecule has 1 saturated heterocycles. The molecule has 0 spiro atoms. The summed E-state index contributed by atoms with van der Waals surface area (Å²) in [5, 5.41) is 1.11. The van der Waals surface area contributed by atoms with Crippen molar-refractivity contribution in [1.82, 2.24) is 4.31 Å². The van der Waals surface area contributed by atoms with Gasteiger partial charge in [0.15, 0.2) is 0 Å². The molecular formula is C10H11Cl2NO2S. The van der Waals surface area contributed by atoms with Crippen LogP contribution in [-0.2, 0) is 16.6 Å². The molecule has 16 heavy (non-hydrogen) atoms. The second-order valence-corrected chi connectivity index (χ2v) is 6.67. The van der Waals surface area contributed by atoms with Crippen molar-refractivity contribution in [3.63, 3.8) is 0 Å². The highest BCUT2D eigenvalue weighted by atomic mass is 35.5. The van der Waals surface area contributed by atoms with E-state index in [0.29, 0.717) is 29.6 Å². The molecule has 0 aromatic heterocycles. The van der Waals surface area contributed by atoms with Crippen LogP contribution < -0.4 is 0 Å². The molecule has 6 heteroatoms. The molecule has 0 unspecified atom stereocenters. The Morgan fingerprint density at radius 2 is 2.06 bits per heavy atom. The number of sulfonamides is 1. The lowest BCUT2D eigenvalue weighted by Gasteiger charge is -2.15. The van der Waals surface area contributed by atoms with E-state index in [9.17, 15) is 8.42 Å².